The lowest BCUT2D eigenvalue weighted by molar-refractivity contribution is -0.162. The van der Waals surface area contributed by atoms with Crippen molar-refractivity contribution in [3.05, 3.63) is 35.9 Å². The molecule has 1 aromatic carbocycles. The van der Waals surface area contributed by atoms with E-state index in [1.165, 1.54) is 24.3 Å². The summed E-state index contributed by atoms with van der Waals surface area (Å²) in [6, 6.07) is 6.85. The number of hydrogen-bond acceptors (Lipinski definition) is 2. The third kappa shape index (κ3) is 2.79. The Morgan fingerprint density at radius 1 is 1.25 bits per heavy atom. The van der Waals surface area contributed by atoms with Gasteiger partial charge in [-0.2, -0.15) is 8.78 Å². The summed E-state index contributed by atoms with van der Waals surface area (Å²) in [6.07, 6.45) is 0.837. The number of hydrogen-bond donors (Lipinski definition) is 1. The van der Waals surface area contributed by atoms with Crippen LogP contribution in [-0.2, 0) is 15.5 Å². The number of carbonyl (C=O) groups excluding carboxylic acids is 1. The van der Waals surface area contributed by atoms with Gasteiger partial charge in [0.15, 0.2) is 0 Å². The molecule has 0 bridgehead atoms. The number of rotatable bonds is 3. The van der Waals surface area contributed by atoms with Crippen molar-refractivity contribution in [2.75, 3.05) is 13.1 Å². The Kier molecular flexibility index (Phi) is 4.01. The predicted molar refractivity (Wildman–Crippen MR) is 67.3 cm³/mol. The zero-order valence-electron chi connectivity index (χ0n) is 10.8. The second-order valence-electron chi connectivity index (χ2n) is 4.87. The molecule has 108 valence electrons. The maximum absolute atomic E-state index is 14.1. The summed E-state index contributed by atoms with van der Waals surface area (Å²) in [7, 11) is 0. The molecule has 1 N–H and O–H groups in total. The molecule has 0 radical (unpaired) electrons. The first kappa shape index (κ1) is 14.4. The minimum absolute atomic E-state index is 0.156. The number of piperidine rings is 1. The highest BCUT2D eigenvalue weighted by atomic mass is 19.3. The monoisotopic (exact) mass is 283 g/mol. The second kappa shape index (κ2) is 5.56. The fourth-order valence-corrected chi connectivity index (χ4v) is 2.33. The van der Waals surface area contributed by atoms with Crippen molar-refractivity contribution in [3.8, 4) is 0 Å². The molecule has 0 aliphatic carbocycles. The van der Waals surface area contributed by atoms with Crippen LogP contribution in [0, 0.1) is 5.92 Å². The highest BCUT2D eigenvalue weighted by Crippen LogP contribution is 2.31. The largest absolute Gasteiger partial charge is 0.481 e. The lowest BCUT2D eigenvalue weighted by Crippen LogP contribution is -2.48. The van der Waals surface area contributed by atoms with Gasteiger partial charge in [-0.05, 0) is 12.8 Å². The van der Waals surface area contributed by atoms with E-state index in [1.54, 1.807) is 6.07 Å². The molecule has 4 nitrogen and oxygen atoms in total. The maximum Gasteiger partial charge on any atom is 0.349 e. The van der Waals surface area contributed by atoms with Gasteiger partial charge in [-0.1, -0.05) is 30.3 Å². The number of halogens is 2. The Balaban J connectivity index is 2.16. The van der Waals surface area contributed by atoms with Gasteiger partial charge in [0.2, 0.25) is 0 Å². The molecule has 1 aromatic rings. The number of likely N-dealkylation sites (tertiary alicyclic amines) is 1. The van der Waals surface area contributed by atoms with Crippen molar-refractivity contribution < 1.29 is 23.5 Å². The van der Waals surface area contributed by atoms with Crippen molar-refractivity contribution in [2.24, 2.45) is 5.92 Å². The number of benzene rings is 1. The van der Waals surface area contributed by atoms with Crippen LogP contribution < -0.4 is 0 Å². The van der Waals surface area contributed by atoms with Crippen LogP contribution in [0.15, 0.2) is 30.3 Å². The second-order valence-corrected chi connectivity index (χ2v) is 4.87. The molecular formula is C14H15F2NO3. The average molecular weight is 283 g/mol. The van der Waals surface area contributed by atoms with Gasteiger partial charge >= 0.3 is 11.9 Å². The summed E-state index contributed by atoms with van der Waals surface area (Å²) in [5.41, 5.74) is -0.373. The summed E-state index contributed by atoms with van der Waals surface area (Å²) in [4.78, 5) is 23.8. The molecule has 1 amide bonds. The normalized spacial score (nSPS) is 19.7. The number of aliphatic carboxylic acids is 1. The van der Waals surface area contributed by atoms with Gasteiger partial charge < -0.3 is 10.0 Å². The first-order valence-electron chi connectivity index (χ1n) is 6.38. The topological polar surface area (TPSA) is 57.6 Å². The number of nitrogens with zero attached hydrogens (tertiary/aromatic N) is 1. The SMILES string of the molecule is O=C(O)C1CCCN(C(=O)C(F)(F)c2ccccc2)C1. The number of alkyl halides is 2. The molecule has 1 atom stereocenters. The number of carbonyl (C=O) groups is 2. The minimum Gasteiger partial charge on any atom is -0.481 e. The van der Waals surface area contributed by atoms with E-state index >= 15 is 0 Å². The third-order valence-electron chi connectivity index (χ3n) is 3.46. The minimum atomic E-state index is -3.62. The van der Waals surface area contributed by atoms with E-state index in [9.17, 15) is 18.4 Å². The van der Waals surface area contributed by atoms with Crippen molar-refractivity contribution in [3.63, 3.8) is 0 Å². The van der Waals surface area contributed by atoms with Crippen molar-refractivity contribution in [1.82, 2.24) is 4.90 Å². The number of carboxylic acid groups (broad SMARTS) is 1. The molecule has 0 spiro atoms. The molecule has 20 heavy (non-hydrogen) atoms. The highest BCUT2D eigenvalue weighted by Gasteiger charge is 2.45. The molecular weight excluding hydrogens is 268 g/mol. The Bertz CT molecular complexity index is 504. The number of carboxylic acids is 1. The highest BCUT2D eigenvalue weighted by molar-refractivity contribution is 5.85. The molecule has 6 heteroatoms. The van der Waals surface area contributed by atoms with Crippen molar-refractivity contribution in [1.29, 1.82) is 0 Å². The molecule has 2 rings (SSSR count). The molecule has 1 aliphatic heterocycles. The van der Waals surface area contributed by atoms with Gasteiger partial charge in [-0.3, -0.25) is 9.59 Å². The fraction of sp³-hybridized carbons (Fsp3) is 0.429. The summed E-state index contributed by atoms with van der Waals surface area (Å²) < 4.78 is 28.2. The zero-order valence-corrected chi connectivity index (χ0v) is 10.8. The van der Waals surface area contributed by atoms with E-state index in [4.69, 9.17) is 5.11 Å². The Morgan fingerprint density at radius 2 is 1.90 bits per heavy atom. The molecule has 0 saturated carbocycles. The summed E-state index contributed by atoms with van der Waals surface area (Å²) in [5, 5.41) is 8.93. The van der Waals surface area contributed by atoms with E-state index in [1.807, 2.05) is 0 Å². The molecule has 1 saturated heterocycles. The zero-order chi connectivity index (χ0) is 14.8. The van der Waals surface area contributed by atoms with Crippen LogP contribution in [0.4, 0.5) is 8.78 Å². The lowest BCUT2D eigenvalue weighted by Gasteiger charge is -2.33. The third-order valence-corrected chi connectivity index (χ3v) is 3.46. The van der Waals surface area contributed by atoms with Crippen LogP contribution in [0.2, 0.25) is 0 Å². The van der Waals surface area contributed by atoms with Gasteiger partial charge in [0.05, 0.1) is 5.92 Å². The standard InChI is InChI=1S/C14H15F2NO3/c15-14(16,11-6-2-1-3-7-11)13(20)17-8-4-5-10(9-17)12(18)19/h1-3,6-7,10H,4-5,8-9H2,(H,18,19). The van der Waals surface area contributed by atoms with Gasteiger partial charge in [0.1, 0.15) is 0 Å². The quantitative estimate of drug-likeness (QED) is 0.924. The average Bonchev–Trinajstić information content (AvgIpc) is 2.47. The predicted octanol–water partition coefficient (Wildman–Crippen LogP) is 2.10. The molecule has 1 fully saturated rings. The first-order chi connectivity index (χ1) is 9.43. The molecule has 1 unspecified atom stereocenters. The van der Waals surface area contributed by atoms with Crippen LogP contribution in [0.5, 0.6) is 0 Å². The van der Waals surface area contributed by atoms with Crippen molar-refractivity contribution >= 4 is 11.9 Å². The summed E-state index contributed by atoms with van der Waals surface area (Å²) in [5.74, 6) is -6.76. The van der Waals surface area contributed by atoms with Crippen LogP contribution in [0.1, 0.15) is 18.4 Å². The van der Waals surface area contributed by atoms with Gasteiger partial charge in [0.25, 0.3) is 5.91 Å². The first-order valence-corrected chi connectivity index (χ1v) is 6.38. The Labute approximate surface area is 115 Å². The van der Waals surface area contributed by atoms with Crippen molar-refractivity contribution in [2.45, 2.75) is 18.8 Å². The number of amides is 1. The summed E-state index contributed by atoms with van der Waals surface area (Å²) in [6.45, 7) is 0.0155. The van der Waals surface area contributed by atoms with Gasteiger partial charge in [0, 0.05) is 18.7 Å². The Hall–Kier alpha value is -1.98. The lowest BCUT2D eigenvalue weighted by atomic mass is 9.97. The van der Waals surface area contributed by atoms with Crippen LogP contribution >= 0.6 is 0 Å². The summed E-state index contributed by atoms with van der Waals surface area (Å²) >= 11 is 0. The van der Waals surface area contributed by atoms with E-state index in [2.05, 4.69) is 0 Å². The van der Waals surface area contributed by atoms with Crippen LogP contribution in [0.25, 0.3) is 0 Å². The van der Waals surface area contributed by atoms with E-state index in [-0.39, 0.29) is 18.7 Å². The van der Waals surface area contributed by atoms with Gasteiger partial charge in [-0.25, -0.2) is 0 Å². The van der Waals surface area contributed by atoms with E-state index < -0.39 is 23.7 Å². The molecule has 1 aliphatic rings. The van der Waals surface area contributed by atoms with Gasteiger partial charge in [-0.15, -0.1) is 0 Å². The van der Waals surface area contributed by atoms with Crippen LogP contribution in [0.3, 0.4) is 0 Å². The smallest absolute Gasteiger partial charge is 0.349 e. The van der Waals surface area contributed by atoms with E-state index in [0.29, 0.717) is 12.8 Å². The molecule has 0 aromatic heterocycles. The maximum atomic E-state index is 14.1. The van der Waals surface area contributed by atoms with E-state index in [0.717, 1.165) is 4.90 Å². The fourth-order valence-electron chi connectivity index (χ4n) is 2.33. The Morgan fingerprint density at radius 3 is 2.50 bits per heavy atom. The van der Waals surface area contributed by atoms with Crippen LogP contribution in [-0.4, -0.2) is 35.0 Å². The molecule has 1 heterocycles.